The number of para-hydroxylation sites is 1. The number of benzene rings is 2. The van der Waals surface area contributed by atoms with Crippen molar-refractivity contribution in [1.82, 2.24) is 19.7 Å². The molecule has 9 heteroatoms. The van der Waals surface area contributed by atoms with Gasteiger partial charge in [0.1, 0.15) is 23.0 Å². The zero-order valence-electron chi connectivity index (χ0n) is 16.8. The highest BCUT2D eigenvalue weighted by atomic mass is 19.1. The molecule has 0 unspecified atom stereocenters. The molecule has 160 valence electrons. The van der Waals surface area contributed by atoms with Gasteiger partial charge < -0.3 is 10.2 Å². The third-order valence-corrected chi connectivity index (χ3v) is 4.88. The Hall–Kier alpha value is -4.53. The number of phenolic OH excluding ortho intramolecular Hbond substituents is 2. The molecule has 0 fully saturated rings. The number of aromatic hydroxyl groups is 2. The van der Waals surface area contributed by atoms with Gasteiger partial charge in [-0.1, -0.05) is 12.1 Å². The van der Waals surface area contributed by atoms with Crippen molar-refractivity contribution in [3.05, 3.63) is 90.1 Å². The summed E-state index contributed by atoms with van der Waals surface area (Å²) >= 11 is 0. The second kappa shape index (κ2) is 8.31. The van der Waals surface area contributed by atoms with Gasteiger partial charge in [-0.05, 0) is 36.4 Å². The Balaban J connectivity index is 1.76. The number of hydrogen-bond acceptors (Lipinski definition) is 6. The maximum Gasteiger partial charge on any atom is 0.264 e. The number of carbonyl (C=O) groups excluding carboxylic acids is 2. The second-order valence-electron chi connectivity index (χ2n) is 6.87. The van der Waals surface area contributed by atoms with Crippen molar-refractivity contribution in [2.45, 2.75) is 0 Å². The Morgan fingerprint density at radius 1 is 0.938 bits per heavy atom. The first kappa shape index (κ1) is 20.7. The van der Waals surface area contributed by atoms with Crippen LogP contribution in [0.3, 0.4) is 0 Å². The highest BCUT2D eigenvalue weighted by Gasteiger charge is 2.25. The summed E-state index contributed by atoms with van der Waals surface area (Å²) in [5.41, 5.74) is 0.565. The molecule has 0 aliphatic rings. The topological polar surface area (TPSA) is 109 Å². The lowest BCUT2D eigenvalue weighted by atomic mass is 10.0. The number of nitrogens with zero attached hydrogens (tertiary/aromatic N) is 4. The quantitative estimate of drug-likeness (QED) is 0.479. The molecule has 0 aliphatic carbocycles. The van der Waals surface area contributed by atoms with Crippen molar-refractivity contribution < 1.29 is 24.2 Å². The number of carbonyl (C=O) groups is 2. The largest absolute Gasteiger partial charge is 0.507 e. The lowest BCUT2D eigenvalue weighted by Gasteiger charge is -2.17. The van der Waals surface area contributed by atoms with Crippen molar-refractivity contribution in [2.24, 2.45) is 0 Å². The van der Waals surface area contributed by atoms with Gasteiger partial charge in [0, 0.05) is 36.6 Å². The summed E-state index contributed by atoms with van der Waals surface area (Å²) in [6.45, 7) is 0. The van der Waals surface area contributed by atoms with E-state index < -0.39 is 23.4 Å². The number of rotatable bonds is 4. The zero-order chi connectivity index (χ0) is 22.8. The Kier molecular flexibility index (Phi) is 5.38. The molecule has 4 aromatic rings. The molecule has 8 nitrogen and oxygen atoms in total. The van der Waals surface area contributed by atoms with Crippen LogP contribution in [0.25, 0.3) is 16.9 Å². The first-order chi connectivity index (χ1) is 15.4. The van der Waals surface area contributed by atoms with E-state index in [0.717, 1.165) is 11.0 Å². The van der Waals surface area contributed by atoms with Gasteiger partial charge in [-0.3, -0.25) is 19.5 Å². The molecule has 0 saturated carbocycles. The van der Waals surface area contributed by atoms with Crippen LogP contribution in [0.1, 0.15) is 20.7 Å². The van der Waals surface area contributed by atoms with Crippen molar-refractivity contribution >= 4 is 11.8 Å². The number of amides is 2. The predicted molar refractivity (Wildman–Crippen MR) is 113 cm³/mol. The van der Waals surface area contributed by atoms with Gasteiger partial charge in [0.25, 0.3) is 11.8 Å². The van der Waals surface area contributed by atoms with Crippen LogP contribution in [-0.4, -0.2) is 48.7 Å². The maximum absolute atomic E-state index is 14.3. The SMILES string of the molecule is CN(C(=O)c1ccncc1)C(=O)c1cc(-c2ccnn2-c2ccccc2F)c(O)cc1O. The van der Waals surface area contributed by atoms with Gasteiger partial charge in [0.05, 0.1) is 17.5 Å². The molecule has 0 saturated heterocycles. The summed E-state index contributed by atoms with van der Waals surface area (Å²) in [6.07, 6.45) is 4.26. The average molecular weight is 432 g/mol. The van der Waals surface area contributed by atoms with Crippen LogP contribution < -0.4 is 0 Å². The minimum atomic E-state index is -0.789. The van der Waals surface area contributed by atoms with Crippen LogP contribution >= 0.6 is 0 Å². The molecule has 2 amide bonds. The Morgan fingerprint density at radius 3 is 2.38 bits per heavy atom. The molecule has 0 spiro atoms. The maximum atomic E-state index is 14.3. The number of imide groups is 1. The van der Waals surface area contributed by atoms with Crippen LogP contribution in [0.5, 0.6) is 11.5 Å². The highest BCUT2D eigenvalue weighted by Crippen LogP contribution is 2.36. The number of pyridine rings is 1. The van der Waals surface area contributed by atoms with Crippen LogP contribution in [0.2, 0.25) is 0 Å². The van der Waals surface area contributed by atoms with Gasteiger partial charge in [-0.2, -0.15) is 5.10 Å². The minimum absolute atomic E-state index is 0.122. The van der Waals surface area contributed by atoms with E-state index in [1.165, 1.54) is 72.8 Å². The lowest BCUT2D eigenvalue weighted by Crippen LogP contribution is -2.33. The van der Waals surface area contributed by atoms with Crippen LogP contribution in [0, 0.1) is 5.82 Å². The summed E-state index contributed by atoms with van der Waals surface area (Å²) in [6, 6.07) is 12.6. The van der Waals surface area contributed by atoms with Gasteiger partial charge in [0.15, 0.2) is 0 Å². The van der Waals surface area contributed by atoms with Gasteiger partial charge in [0.2, 0.25) is 0 Å². The fourth-order valence-electron chi connectivity index (χ4n) is 3.24. The summed E-state index contributed by atoms with van der Waals surface area (Å²) < 4.78 is 15.6. The summed E-state index contributed by atoms with van der Waals surface area (Å²) in [5, 5.41) is 24.9. The van der Waals surface area contributed by atoms with E-state index in [-0.39, 0.29) is 33.8 Å². The monoisotopic (exact) mass is 432 g/mol. The van der Waals surface area contributed by atoms with E-state index in [1.807, 2.05) is 0 Å². The van der Waals surface area contributed by atoms with E-state index in [4.69, 9.17) is 0 Å². The van der Waals surface area contributed by atoms with E-state index in [9.17, 15) is 24.2 Å². The molecule has 0 bridgehead atoms. The Morgan fingerprint density at radius 2 is 1.66 bits per heavy atom. The van der Waals surface area contributed by atoms with Gasteiger partial charge >= 0.3 is 0 Å². The molecule has 32 heavy (non-hydrogen) atoms. The van der Waals surface area contributed by atoms with E-state index >= 15 is 0 Å². The molecule has 0 atom stereocenters. The molecule has 0 aliphatic heterocycles. The van der Waals surface area contributed by atoms with Crippen molar-refractivity contribution in [2.75, 3.05) is 7.05 Å². The highest BCUT2D eigenvalue weighted by molar-refractivity contribution is 6.11. The third kappa shape index (κ3) is 3.67. The van der Waals surface area contributed by atoms with Crippen molar-refractivity contribution in [3.8, 4) is 28.4 Å². The van der Waals surface area contributed by atoms with Crippen molar-refractivity contribution in [3.63, 3.8) is 0 Å². The average Bonchev–Trinajstić information content (AvgIpc) is 3.28. The van der Waals surface area contributed by atoms with E-state index in [2.05, 4.69) is 10.1 Å². The van der Waals surface area contributed by atoms with Crippen molar-refractivity contribution in [1.29, 1.82) is 0 Å². The molecule has 2 heterocycles. The standard InChI is InChI=1S/C23H17FN4O4/c1-27(22(31)14-6-9-25-10-7-14)23(32)16-12-15(20(29)13-21(16)30)18-8-11-26-28(18)19-5-3-2-4-17(19)24/h2-13,29-30H,1H3. The Bertz CT molecular complexity index is 1320. The normalized spacial score (nSPS) is 10.7. The zero-order valence-corrected chi connectivity index (χ0v) is 16.8. The van der Waals surface area contributed by atoms with Crippen LogP contribution in [0.4, 0.5) is 4.39 Å². The summed E-state index contributed by atoms with van der Waals surface area (Å²) in [7, 11) is 1.28. The van der Waals surface area contributed by atoms with E-state index in [0.29, 0.717) is 0 Å². The fraction of sp³-hybridized carbons (Fsp3) is 0.0435. The third-order valence-electron chi connectivity index (χ3n) is 4.88. The number of halogens is 1. The van der Waals surface area contributed by atoms with Crippen LogP contribution in [0.15, 0.2) is 73.2 Å². The smallest absolute Gasteiger partial charge is 0.264 e. The molecule has 2 aromatic carbocycles. The lowest BCUT2D eigenvalue weighted by molar-refractivity contribution is 0.0654. The predicted octanol–water partition coefficient (Wildman–Crippen LogP) is 3.40. The molecular weight excluding hydrogens is 415 g/mol. The minimum Gasteiger partial charge on any atom is -0.507 e. The molecule has 0 radical (unpaired) electrons. The molecular formula is C23H17FN4O4. The number of aromatic nitrogens is 3. The fourth-order valence-corrected chi connectivity index (χ4v) is 3.24. The first-order valence-corrected chi connectivity index (χ1v) is 9.46. The molecule has 2 aromatic heterocycles. The Labute approximate surface area is 181 Å². The van der Waals surface area contributed by atoms with Gasteiger partial charge in [-0.25, -0.2) is 9.07 Å². The number of hydrogen-bond donors (Lipinski definition) is 2. The second-order valence-corrected chi connectivity index (χ2v) is 6.87. The number of phenols is 2. The molecule has 4 rings (SSSR count). The summed E-state index contributed by atoms with van der Waals surface area (Å²) in [4.78, 5) is 30.3. The summed E-state index contributed by atoms with van der Waals surface area (Å²) in [5.74, 6) is -2.78. The first-order valence-electron chi connectivity index (χ1n) is 9.46. The van der Waals surface area contributed by atoms with E-state index in [1.54, 1.807) is 6.07 Å². The molecule has 2 N–H and O–H groups in total. The van der Waals surface area contributed by atoms with Crippen LogP contribution in [-0.2, 0) is 0 Å². The van der Waals surface area contributed by atoms with Gasteiger partial charge in [-0.15, -0.1) is 0 Å².